The number of imide groups is 1. The van der Waals surface area contributed by atoms with E-state index in [4.69, 9.17) is 9.72 Å². The lowest BCUT2D eigenvalue weighted by atomic mass is 9.89. The highest BCUT2D eigenvalue weighted by Crippen LogP contribution is 2.41. The number of ether oxygens (including phenoxy) is 1. The van der Waals surface area contributed by atoms with Gasteiger partial charge in [-0.1, -0.05) is 45.5 Å². The van der Waals surface area contributed by atoms with E-state index in [1.165, 1.54) is 18.4 Å². The Balaban J connectivity index is 2.37. The lowest BCUT2D eigenvalue weighted by molar-refractivity contribution is -0.171. The van der Waals surface area contributed by atoms with Crippen LogP contribution in [0.3, 0.4) is 0 Å². The molecule has 1 aromatic heterocycles. The second-order valence-corrected chi connectivity index (χ2v) is 13.6. The predicted octanol–water partition coefficient (Wildman–Crippen LogP) is 7.24. The lowest BCUT2D eigenvalue weighted by Crippen LogP contribution is -2.56. The number of carbonyl (C=O) groups is 3. The molecule has 1 aromatic carbocycles. The van der Waals surface area contributed by atoms with Gasteiger partial charge in [0, 0.05) is 36.7 Å². The van der Waals surface area contributed by atoms with Crippen molar-refractivity contribution in [3.8, 4) is 23.1 Å². The number of hydrogen-bond acceptors (Lipinski definition) is 8. The predicted molar refractivity (Wildman–Crippen MR) is 181 cm³/mol. The molecule has 1 aliphatic heterocycles. The van der Waals surface area contributed by atoms with Gasteiger partial charge in [-0.05, 0) is 89.3 Å². The van der Waals surface area contributed by atoms with Gasteiger partial charge in [0.15, 0.2) is 5.13 Å². The number of nitrogens with zero attached hydrogens (tertiary/aromatic N) is 5. The summed E-state index contributed by atoms with van der Waals surface area (Å²) in [5, 5.41) is 12.9. The zero-order valence-electron chi connectivity index (χ0n) is 28.6. The number of unbranched alkanes of at least 4 members (excludes halogenated alkanes) is 1. The molecule has 2 aromatic rings. The minimum absolute atomic E-state index is 0.0254. The first-order chi connectivity index (χ1) is 21.1. The number of anilines is 1. The molecule has 0 radical (unpaired) electrons. The number of nitriles is 1. The molecule has 45 heavy (non-hydrogen) atoms. The minimum atomic E-state index is -0.859. The zero-order chi connectivity index (χ0) is 33.8. The average molecular weight is 634 g/mol. The molecule has 0 aliphatic carbocycles. The molecular formula is C35H47N5O4S. The van der Waals surface area contributed by atoms with E-state index in [2.05, 4.69) is 24.8 Å². The quantitative estimate of drug-likeness (QED) is 0.190. The third-order valence-electron chi connectivity index (χ3n) is 7.65. The first-order valence-electron chi connectivity index (χ1n) is 15.7. The van der Waals surface area contributed by atoms with E-state index in [0.29, 0.717) is 24.1 Å². The van der Waals surface area contributed by atoms with Crippen molar-refractivity contribution in [2.75, 3.05) is 25.0 Å². The number of aromatic nitrogens is 1. The van der Waals surface area contributed by atoms with Gasteiger partial charge in [-0.2, -0.15) is 10.3 Å². The summed E-state index contributed by atoms with van der Waals surface area (Å²) < 4.78 is 5.98. The van der Waals surface area contributed by atoms with E-state index >= 15 is 0 Å². The molecule has 9 nitrogen and oxygen atoms in total. The molecular weight excluding hydrogens is 586 g/mol. The molecule has 0 saturated carbocycles. The average Bonchev–Trinajstić information content (AvgIpc) is 3.35. The molecule has 0 unspecified atom stereocenters. The van der Waals surface area contributed by atoms with Gasteiger partial charge in [-0.3, -0.25) is 14.4 Å². The number of rotatable bonds is 11. The number of thiazole rings is 1. The smallest absolute Gasteiger partial charge is 0.290 e. The van der Waals surface area contributed by atoms with E-state index in [0.717, 1.165) is 62.0 Å². The van der Waals surface area contributed by atoms with Crippen molar-refractivity contribution in [2.24, 2.45) is 5.41 Å². The number of hydrogen-bond donors (Lipinski definition) is 0. The molecule has 3 amide bonds. The van der Waals surface area contributed by atoms with Crippen LogP contribution in [-0.2, 0) is 14.4 Å². The highest BCUT2D eigenvalue weighted by Gasteiger charge is 2.43. The molecule has 3 rings (SSSR count). The summed E-state index contributed by atoms with van der Waals surface area (Å²) in [7, 11) is 1.40. The Morgan fingerprint density at radius 3 is 2.20 bits per heavy atom. The number of amides is 3. The van der Waals surface area contributed by atoms with Crippen LogP contribution in [0.2, 0.25) is 0 Å². The minimum Gasteiger partial charge on any atom is -0.491 e. The van der Waals surface area contributed by atoms with Crippen LogP contribution in [0.1, 0.15) is 90.7 Å². The molecule has 242 valence electrons. The molecule has 0 fully saturated rings. The van der Waals surface area contributed by atoms with Gasteiger partial charge in [0.05, 0.1) is 16.7 Å². The number of aryl methyl sites for hydroxylation is 2. The molecule has 0 saturated heterocycles. The monoisotopic (exact) mass is 633 g/mol. The number of hydrazine groups is 1. The third kappa shape index (κ3) is 7.47. The van der Waals surface area contributed by atoms with Gasteiger partial charge in [-0.25, -0.2) is 9.99 Å². The van der Waals surface area contributed by atoms with Crippen molar-refractivity contribution < 1.29 is 19.1 Å². The topological polar surface area (TPSA) is 107 Å². The maximum absolute atomic E-state index is 14.3. The van der Waals surface area contributed by atoms with Gasteiger partial charge < -0.3 is 9.64 Å². The van der Waals surface area contributed by atoms with Crippen LogP contribution in [0.15, 0.2) is 28.9 Å². The number of benzene rings is 1. The van der Waals surface area contributed by atoms with Crippen LogP contribution >= 0.6 is 11.3 Å². The van der Waals surface area contributed by atoms with Crippen LogP contribution in [0.5, 0.6) is 5.75 Å². The van der Waals surface area contributed by atoms with Gasteiger partial charge in [0.25, 0.3) is 11.8 Å². The lowest BCUT2D eigenvalue weighted by Gasteiger charge is -2.37. The van der Waals surface area contributed by atoms with Crippen molar-refractivity contribution in [3.63, 3.8) is 0 Å². The highest BCUT2D eigenvalue weighted by molar-refractivity contribution is 7.17. The van der Waals surface area contributed by atoms with Crippen LogP contribution in [0, 0.1) is 30.6 Å². The molecule has 1 aliphatic rings. The summed E-state index contributed by atoms with van der Waals surface area (Å²) in [4.78, 5) is 49.2. The molecule has 0 bridgehead atoms. The van der Waals surface area contributed by atoms with E-state index in [1.54, 1.807) is 26.8 Å². The molecule has 0 spiro atoms. The van der Waals surface area contributed by atoms with Crippen molar-refractivity contribution in [3.05, 3.63) is 44.9 Å². The molecule has 0 atom stereocenters. The fourth-order valence-corrected chi connectivity index (χ4v) is 6.57. The Hall–Kier alpha value is -3.97. The molecule has 2 heterocycles. The standard InChI is InChI=1S/C35H47N5O4S/c1-12-15-16-25-26(31(41)40(32(42)27(25)20-36)38(11)33(43)35(8,9)10)19-28-30(37-34(45-28)39(13-2)14-3)29-22(6)17-24(18-23(29)7)44-21(4)5/h17-19,21H,12-16H2,1-11H3/b26-19-. The fourth-order valence-electron chi connectivity index (χ4n) is 5.43. The van der Waals surface area contributed by atoms with Gasteiger partial charge in [-0.15, -0.1) is 0 Å². The van der Waals surface area contributed by atoms with Crippen LogP contribution in [0.4, 0.5) is 5.13 Å². The van der Waals surface area contributed by atoms with Crippen molar-refractivity contribution in [1.82, 2.24) is 15.0 Å². The van der Waals surface area contributed by atoms with Crippen molar-refractivity contribution >= 4 is 40.3 Å². The molecule has 10 heteroatoms. The Bertz CT molecular complexity index is 1540. The second-order valence-electron chi connectivity index (χ2n) is 12.6. The van der Waals surface area contributed by atoms with Crippen LogP contribution < -0.4 is 9.64 Å². The zero-order valence-corrected chi connectivity index (χ0v) is 29.4. The SMILES string of the molecule is CCCCC1=C(C#N)C(=O)N(N(C)C(=O)C(C)(C)C)C(=O)/C1=C\c1sc(N(CC)CC)nc1-c1c(C)cc(OC(C)C)cc1C. The third-order valence-corrected chi connectivity index (χ3v) is 8.71. The first kappa shape index (κ1) is 35.5. The van der Waals surface area contributed by atoms with Crippen molar-refractivity contribution in [2.45, 2.75) is 94.6 Å². The Morgan fingerprint density at radius 1 is 1.11 bits per heavy atom. The van der Waals surface area contributed by atoms with E-state index in [9.17, 15) is 19.6 Å². The van der Waals surface area contributed by atoms with Gasteiger partial charge >= 0.3 is 0 Å². The van der Waals surface area contributed by atoms with Gasteiger partial charge in [0.2, 0.25) is 5.91 Å². The summed E-state index contributed by atoms with van der Waals surface area (Å²) >= 11 is 1.46. The number of carbonyl (C=O) groups excluding carboxylic acids is 3. The Morgan fingerprint density at radius 2 is 1.71 bits per heavy atom. The maximum atomic E-state index is 14.3. The van der Waals surface area contributed by atoms with E-state index < -0.39 is 23.1 Å². The largest absolute Gasteiger partial charge is 0.491 e. The Kier molecular flexibility index (Phi) is 11.4. The summed E-state index contributed by atoms with van der Waals surface area (Å²) in [6.45, 7) is 20.8. The van der Waals surface area contributed by atoms with E-state index in [-0.39, 0.29) is 17.3 Å². The second kappa shape index (κ2) is 14.4. The van der Waals surface area contributed by atoms with Crippen LogP contribution in [0.25, 0.3) is 17.3 Å². The Labute approximate surface area is 272 Å². The van der Waals surface area contributed by atoms with Crippen molar-refractivity contribution in [1.29, 1.82) is 5.26 Å². The molecule has 0 N–H and O–H groups in total. The summed E-state index contributed by atoms with van der Waals surface area (Å²) in [6, 6.07) is 6.05. The summed E-state index contributed by atoms with van der Waals surface area (Å²) in [5.74, 6) is -1.07. The first-order valence-corrected chi connectivity index (χ1v) is 16.5. The highest BCUT2D eigenvalue weighted by atomic mass is 32.1. The normalized spacial score (nSPS) is 14.8. The maximum Gasteiger partial charge on any atom is 0.290 e. The van der Waals surface area contributed by atoms with E-state index in [1.807, 2.05) is 46.8 Å². The van der Waals surface area contributed by atoms with Gasteiger partial charge in [0.1, 0.15) is 17.4 Å². The summed E-state index contributed by atoms with van der Waals surface area (Å²) in [5.41, 5.74) is 3.24. The summed E-state index contributed by atoms with van der Waals surface area (Å²) in [6.07, 6.45) is 3.66. The fraction of sp³-hybridized carbons (Fsp3) is 0.514. The van der Waals surface area contributed by atoms with Crippen LogP contribution in [-0.4, -0.2) is 59.0 Å².